The van der Waals surface area contributed by atoms with Gasteiger partial charge >= 0.3 is 0 Å². The average molecular weight is 334 g/mol. The highest BCUT2D eigenvalue weighted by Crippen LogP contribution is 2.22. The molecule has 0 atom stereocenters. The number of halogens is 1. The Labute approximate surface area is 140 Å². The van der Waals surface area contributed by atoms with Gasteiger partial charge < -0.3 is 4.74 Å². The van der Waals surface area contributed by atoms with Crippen LogP contribution in [0.15, 0.2) is 30.3 Å². The minimum atomic E-state index is -0.0780. The van der Waals surface area contributed by atoms with Gasteiger partial charge in [0, 0.05) is 30.9 Å². The molecule has 0 aliphatic carbocycles. The van der Waals surface area contributed by atoms with E-state index in [0.717, 1.165) is 38.5 Å². The molecule has 1 saturated heterocycles. The monoisotopic (exact) mass is 333 g/mol. The van der Waals surface area contributed by atoms with Crippen molar-refractivity contribution in [2.75, 3.05) is 32.8 Å². The van der Waals surface area contributed by atoms with Crippen LogP contribution in [0.2, 0.25) is 5.15 Å². The van der Waals surface area contributed by atoms with Crippen molar-refractivity contribution < 1.29 is 9.53 Å². The molecule has 3 rings (SSSR count). The summed E-state index contributed by atoms with van der Waals surface area (Å²) in [6, 6.07) is 9.17. The molecule has 122 valence electrons. The number of aromatic nitrogens is 2. The molecule has 6 heteroatoms. The van der Waals surface area contributed by atoms with Crippen LogP contribution in [-0.4, -0.2) is 53.3 Å². The summed E-state index contributed by atoms with van der Waals surface area (Å²) < 4.78 is 7.18. The van der Waals surface area contributed by atoms with E-state index in [1.807, 2.05) is 29.8 Å². The maximum atomic E-state index is 12.6. The Morgan fingerprint density at radius 2 is 1.91 bits per heavy atom. The molecule has 0 amide bonds. The van der Waals surface area contributed by atoms with Crippen LogP contribution < -0.4 is 0 Å². The van der Waals surface area contributed by atoms with Crippen LogP contribution in [0.4, 0.5) is 0 Å². The molecule has 1 fully saturated rings. The molecule has 0 spiro atoms. The zero-order valence-corrected chi connectivity index (χ0v) is 13.9. The minimum Gasteiger partial charge on any atom is -0.379 e. The van der Waals surface area contributed by atoms with E-state index in [-0.39, 0.29) is 10.9 Å². The number of nitrogens with zero attached hydrogens (tertiary/aromatic N) is 3. The zero-order chi connectivity index (χ0) is 16.2. The number of morpholine rings is 1. The SMILES string of the molecule is Cc1c(C(=O)c2ccccc2)c(Cl)nn1CCN1CCOCC1. The first kappa shape index (κ1) is 16.2. The van der Waals surface area contributed by atoms with Crippen molar-refractivity contribution in [2.45, 2.75) is 13.5 Å². The fourth-order valence-electron chi connectivity index (χ4n) is 2.78. The van der Waals surface area contributed by atoms with Crippen molar-refractivity contribution in [3.63, 3.8) is 0 Å². The van der Waals surface area contributed by atoms with Gasteiger partial charge in [0.05, 0.1) is 25.3 Å². The molecule has 1 aliphatic heterocycles. The number of hydrogen-bond donors (Lipinski definition) is 0. The van der Waals surface area contributed by atoms with Gasteiger partial charge in [-0.05, 0) is 6.92 Å². The van der Waals surface area contributed by atoms with Crippen molar-refractivity contribution in [2.24, 2.45) is 0 Å². The number of hydrogen-bond acceptors (Lipinski definition) is 4. The smallest absolute Gasteiger partial charge is 0.198 e. The molecule has 0 N–H and O–H groups in total. The van der Waals surface area contributed by atoms with Gasteiger partial charge in [0.2, 0.25) is 0 Å². The molecule has 2 aromatic rings. The Morgan fingerprint density at radius 1 is 1.22 bits per heavy atom. The Kier molecular flexibility index (Phi) is 5.10. The summed E-state index contributed by atoms with van der Waals surface area (Å²) in [5.74, 6) is -0.0780. The van der Waals surface area contributed by atoms with Crippen LogP contribution in [0.5, 0.6) is 0 Å². The zero-order valence-electron chi connectivity index (χ0n) is 13.2. The summed E-state index contributed by atoms with van der Waals surface area (Å²) in [6.45, 7) is 6.91. The molecule has 23 heavy (non-hydrogen) atoms. The second kappa shape index (κ2) is 7.25. The Balaban J connectivity index is 1.75. The summed E-state index contributed by atoms with van der Waals surface area (Å²) in [5.41, 5.74) is 1.95. The Hall–Kier alpha value is -1.69. The highest BCUT2D eigenvalue weighted by Gasteiger charge is 2.21. The van der Waals surface area contributed by atoms with Gasteiger partial charge in [-0.3, -0.25) is 14.4 Å². The van der Waals surface area contributed by atoms with Crippen molar-refractivity contribution in [3.05, 3.63) is 52.3 Å². The number of benzene rings is 1. The summed E-state index contributed by atoms with van der Waals surface area (Å²) in [7, 11) is 0. The lowest BCUT2D eigenvalue weighted by Crippen LogP contribution is -2.38. The summed E-state index contributed by atoms with van der Waals surface area (Å²) >= 11 is 6.23. The summed E-state index contributed by atoms with van der Waals surface area (Å²) in [6.07, 6.45) is 0. The van der Waals surface area contributed by atoms with Gasteiger partial charge in [-0.1, -0.05) is 41.9 Å². The van der Waals surface area contributed by atoms with Crippen molar-refractivity contribution >= 4 is 17.4 Å². The standard InChI is InChI=1S/C17H20ClN3O2/c1-13-15(16(22)14-5-3-2-4-6-14)17(18)19-21(13)8-7-20-9-11-23-12-10-20/h2-6H,7-12H2,1H3. The molecule has 0 saturated carbocycles. The molecule has 1 aliphatic rings. The molecule has 1 aromatic carbocycles. The van der Waals surface area contributed by atoms with E-state index < -0.39 is 0 Å². The maximum Gasteiger partial charge on any atom is 0.198 e. The molecule has 0 radical (unpaired) electrons. The van der Waals surface area contributed by atoms with E-state index in [2.05, 4.69) is 10.00 Å². The minimum absolute atomic E-state index is 0.0780. The van der Waals surface area contributed by atoms with Crippen LogP contribution in [0, 0.1) is 6.92 Å². The Morgan fingerprint density at radius 3 is 2.61 bits per heavy atom. The van der Waals surface area contributed by atoms with Crippen LogP contribution in [0.1, 0.15) is 21.6 Å². The lowest BCUT2D eigenvalue weighted by atomic mass is 10.0. The number of ether oxygens (including phenoxy) is 1. The first-order chi connectivity index (χ1) is 11.2. The van der Waals surface area contributed by atoms with Crippen LogP contribution in [-0.2, 0) is 11.3 Å². The molecule has 1 aromatic heterocycles. The van der Waals surface area contributed by atoms with E-state index in [9.17, 15) is 4.79 Å². The highest BCUT2D eigenvalue weighted by molar-refractivity contribution is 6.34. The maximum absolute atomic E-state index is 12.6. The third kappa shape index (κ3) is 3.63. The largest absolute Gasteiger partial charge is 0.379 e. The first-order valence-corrected chi connectivity index (χ1v) is 8.17. The quantitative estimate of drug-likeness (QED) is 0.788. The summed E-state index contributed by atoms with van der Waals surface area (Å²) in [4.78, 5) is 15.0. The highest BCUT2D eigenvalue weighted by atomic mass is 35.5. The molecular weight excluding hydrogens is 314 g/mol. The molecule has 0 unspecified atom stereocenters. The second-order valence-electron chi connectivity index (χ2n) is 5.62. The van der Waals surface area contributed by atoms with Crippen LogP contribution in [0.25, 0.3) is 0 Å². The fraction of sp³-hybridized carbons (Fsp3) is 0.412. The van der Waals surface area contributed by atoms with Crippen molar-refractivity contribution in [3.8, 4) is 0 Å². The predicted octanol–water partition coefficient (Wildman–Crippen LogP) is 2.41. The van der Waals surface area contributed by atoms with E-state index in [1.54, 1.807) is 12.1 Å². The third-order valence-electron chi connectivity index (χ3n) is 4.16. The topological polar surface area (TPSA) is 47.4 Å². The molecule has 5 nitrogen and oxygen atoms in total. The molecule has 2 heterocycles. The van der Waals surface area contributed by atoms with E-state index in [0.29, 0.717) is 17.7 Å². The molecule has 0 bridgehead atoms. The number of ketones is 1. The number of rotatable bonds is 5. The second-order valence-corrected chi connectivity index (χ2v) is 5.98. The van der Waals surface area contributed by atoms with Gasteiger partial charge in [-0.2, -0.15) is 5.10 Å². The fourth-order valence-corrected chi connectivity index (χ4v) is 3.09. The normalized spacial score (nSPS) is 15.7. The predicted molar refractivity (Wildman–Crippen MR) is 89.1 cm³/mol. The van der Waals surface area contributed by atoms with Gasteiger partial charge in [0.15, 0.2) is 10.9 Å². The number of carbonyl (C=O) groups is 1. The average Bonchev–Trinajstić information content (AvgIpc) is 2.88. The Bertz CT molecular complexity index is 679. The lowest BCUT2D eigenvalue weighted by molar-refractivity contribution is 0.0359. The third-order valence-corrected chi connectivity index (χ3v) is 4.42. The van der Waals surface area contributed by atoms with E-state index in [4.69, 9.17) is 16.3 Å². The first-order valence-electron chi connectivity index (χ1n) is 7.79. The van der Waals surface area contributed by atoms with E-state index >= 15 is 0 Å². The van der Waals surface area contributed by atoms with Crippen LogP contribution >= 0.6 is 11.6 Å². The summed E-state index contributed by atoms with van der Waals surface area (Å²) in [5, 5.41) is 4.62. The van der Waals surface area contributed by atoms with E-state index in [1.165, 1.54) is 0 Å². The van der Waals surface area contributed by atoms with Gasteiger partial charge in [0.25, 0.3) is 0 Å². The number of carbonyl (C=O) groups excluding carboxylic acids is 1. The van der Waals surface area contributed by atoms with Crippen molar-refractivity contribution in [1.29, 1.82) is 0 Å². The van der Waals surface area contributed by atoms with Crippen LogP contribution in [0.3, 0.4) is 0 Å². The van der Waals surface area contributed by atoms with Crippen molar-refractivity contribution in [1.82, 2.24) is 14.7 Å². The van der Waals surface area contributed by atoms with Gasteiger partial charge in [-0.25, -0.2) is 0 Å². The van der Waals surface area contributed by atoms with Gasteiger partial charge in [-0.15, -0.1) is 0 Å². The molecular formula is C17H20ClN3O2. The lowest BCUT2D eigenvalue weighted by Gasteiger charge is -2.26. The van der Waals surface area contributed by atoms with Gasteiger partial charge in [0.1, 0.15) is 0 Å².